The van der Waals surface area contributed by atoms with Crippen LogP contribution in [0, 0.1) is 3.57 Å². The summed E-state index contributed by atoms with van der Waals surface area (Å²) in [6.07, 6.45) is 0. The van der Waals surface area contributed by atoms with Gasteiger partial charge in [0.1, 0.15) is 0 Å². The molecule has 0 saturated carbocycles. The van der Waals surface area contributed by atoms with Crippen LogP contribution in [0.5, 0.6) is 0 Å². The summed E-state index contributed by atoms with van der Waals surface area (Å²) in [5.41, 5.74) is 7.10. The van der Waals surface area contributed by atoms with Gasteiger partial charge in [-0.3, -0.25) is 0 Å². The van der Waals surface area contributed by atoms with Gasteiger partial charge in [0.15, 0.2) is 0 Å². The van der Waals surface area contributed by atoms with Gasteiger partial charge < -0.3 is 16.2 Å². The maximum absolute atomic E-state index is 11.2. The van der Waals surface area contributed by atoms with E-state index in [-0.39, 0.29) is 10.6 Å². The molecule has 0 aliphatic heterocycles. The Morgan fingerprint density at radius 2 is 2.00 bits per heavy atom. The van der Waals surface area contributed by atoms with Crippen molar-refractivity contribution in [1.82, 2.24) is 0 Å². The lowest BCUT2D eigenvalue weighted by Gasteiger charge is -2.13. The average Bonchev–Trinajstić information content (AvgIpc) is 2.34. The van der Waals surface area contributed by atoms with Crippen LogP contribution >= 0.6 is 34.2 Å². The Balaban J connectivity index is 2.51. The zero-order valence-electron chi connectivity index (χ0n) is 9.65. The number of para-hydroxylation sites is 1. The Labute approximate surface area is 128 Å². The summed E-state index contributed by atoms with van der Waals surface area (Å²) >= 11 is 8.23. The van der Waals surface area contributed by atoms with E-state index in [0.717, 1.165) is 9.26 Å². The van der Waals surface area contributed by atoms with E-state index in [0.29, 0.717) is 11.4 Å². The SMILES string of the molecule is Nc1cc(Cl)c(Nc2ccccc2I)c(C(=O)O)c1. The molecule has 0 heterocycles. The lowest BCUT2D eigenvalue weighted by atomic mass is 10.1. The van der Waals surface area contributed by atoms with Crippen molar-refractivity contribution in [2.24, 2.45) is 0 Å². The number of carboxylic acids is 1. The van der Waals surface area contributed by atoms with Gasteiger partial charge in [-0.15, -0.1) is 0 Å². The number of hydrogen-bond acceptors (Lipinski definition) is 3. The van der Waals surface area contributed by atoms with Gasteiger partial charge in [0.2, 0.25) is 0 Å². The summed E-state index contributed by atoms with van der Waals surface area (Å²) in [5.74, 6) is -1.08. The highest BCUT2D eigenvalue weighted by Gasteiger charge is 2.15. The molecule has 98 valence electrons. The van der Waals surface area contributed by atoms with Crippen LogP contribution in [0.2, 0.25) is 5.02 Å². The summed E-state index contributed by atoms with van der Waals surface area (Å²) in [4.78, 5) is 11.2. The number of nitrogen functional groups attached to an aromatic ring is 1. The minimum absolute atomic E-state index is 0.0460. The summed E-state index contributed by atoms with van der Waals surface area (Å²) in [7, 11) is 0. The molecule has 0 aliphatic carbocycles. The number of carbonyl (C=O) groups is 1. The van der Waals surface area contributed by atoms with Gasteiger partial charge in [-0.2, -0.15) is 0 Å². The van der Waals surface area contributed by atoms with E-state index >= 15 is 0 Å². The molecule has 0 bridgehead atoms. The van der Waals surface area contributed by atoms with Crippen molar-refractivity contribution in [2.75, 3.05) is 11.1 Å². The minimum Gasteiger partial charge on any atom is -0.478 e. The average molecular weight is 389 g/mol. The largest absolute Gasteiger partial charge is 0.478 e. The zero-order chi connectivity index (χ0) is 14.0. The molecule has 19 heavy (non-hydrogen) atoms. The molecular formula is C13H10ClIN2O2. The number of anilines is 3. The number of halogens is 2. The maximum atomic E-state index is 11.2. The molecule has 0 aromatic heterocycles. The first-order valence-corrected chi connectivity index (χ1v) is 6.78. The van der Waals surface area contributed by atoms with Gasteiger partial charge in [0.25, 0.3) is 0 Å². The molecule has 0 unspecified atom stereocenters. The second-order valence-electron chi connectivity index (χ2n) is 3.84. The van der Waals surface area contributed by atoms with Gasteiger partial charge in [0.05, 0.1) is 22.0 Å². The molecular weight excluding hydrogens is 379 g/mol. The first-order valence-electron chi connectivity index (χ1n) is 5.33. The minimum atomic E-state index is -1.08. The fraction of sp³-hybridized carbons (Fsp3) is 0. The molecule has 0 radical (unpaired) electrons. The third-order valence-corrected chi connectivity index (χ3v) is 3.72. The highest BCUT2D eigenvalue weighted by Crippen LogP contribution is 2.33. The number of rotatable bonds is 3. The summed E-state index contributed by atoms with van der Waals surface area (Å²) < 4.78 is 0.962. The third kappa shape index (κ3) is 3.10. The molecule has 0 amide bonds. The first kappa shape index (κ1) is 14.0. The second-order valence-corrected chi connectivity index (χ2v) is 5.40. The van der Waals surface area contributed by atoms with Crippen molar-refractivity contribution >= 4 is 57.2 Å². The van der Waals surface area contributed by atoms with Crippen molar-refractivity contribution in [1.29, 1.82) is 0 Å². The fourth-order valence-electron chi connectivity index (χ4n) is 1.62. The van der Waals surface area contributed by atoms with E-state index in [1.54, 1.807) is 0 Å². The molecule has 2 aromatic rings. The van der Waals surface area contributed by atoms with E-state index < -0.39 is 5.97 Å². The molecule has 0 saturated heterocycles. The Morgan fingerprint density at radius 1 is 1.32 bits per heavy atom. The van der Waals surface area contributed by atoms with Crippen molar-refractivity contribution in [3.05, 3.63) is 50.6 Å². The normalized spacial score (nSPS) is 10.2. The van der Waals surface area contributed by atoms with Crippen molar-refractivity contribution in [3.8, 4) is 0 Å². The smallest absolute Gasteiger partial charge is 0.337 e. The molecule has 0 aliphatic rings. The summed E-state index contributed by atoms with van der Waals surface area (Å²) in [6, 6.07) is 10.4. The molecule has 0 spiro atoms. The Bertz CT molecular complexity index is 647. The van der Waals surface area contributed by atoms with Gasteiger partial charge >= 0.3 is 5.97 Å². The van der Waals surface area contributed by atoms with Gasteiger partial charge in [-0.1, -0.05) is 23.7 Å². The standard InChI is InChI=1S/C13H10ClIN2O2/c14-9-6-7(16)5-8(13(18)19)12(9)17-11-4-2-1-3-10(11)15/h1-6,17H,16H2,(H,18,19). The van der Waals surface area contributed by atoms with E-state index in [1.165, 1.54) is 12.1 Å². The lowest BCUT2D eigenvalue weighted by molar-refractivity contribution is 0.0698. The van der Waals surface area contributed by atoms with Crippen LogP contribution in [0.4, 0.5) is 17.1 Å². The van der Waals surface area contributed by atoms with Crippen molar-refractivity contribution in [3.63, 3.8) is 0 Å². The van der Waals surface area contributed by atoms with Crippen LogP contribution in [0.3, 0.4) is 0 Å². The van der Waals surface area contributed by atoms with Gasteiger partial charge in [0, 0.05) is 9.26 Å². The van der Waals surface area contributed by atoms with Gasteiger partial charge in [-0.25, -0.2) is 4.79 Å². The number of carboxylic acid groups (broad SMARTS) is 1. The van der Waals surface area contributed by atoms with Gasteiger partial charge in [-0.05, 0) is 46.9 Å². The number of hydrogen-bond donors (Lipinski definition) is 3. The topological polar surface area (TPSA) is 75.3 Å². The summed E-state index contributed by atoms with van der Waals surface area (Å²) in [6.45, 7) is 0. The highest BCUT2D eigenvalue weighted by molar-refractivity contribution is 14.1. The molecule has 4 nitrogen and oxygen atoms in total. The number of benzene rings is 2. The van der Waals surface area contributed by atoms with Crippen LogP contribution in [-0.4, -0.2) is 11.1 Å². The van der Waals surface area contributed by atoms with E-state index in [1.807, 2.05) is 24.3 Å². The molecule has 0 atom stereocenters. The molecule has 6 heteroatoms. The maximum Gasteiger partial charge on any atom is 0.337 e. The predicted octanol–water partition coefficient (Wildman–Crippen LogP) is 3.97. The van der Waals surface area contributed by atoms with E-state index in [4.69, 9.17) is 17.3 Å². The number of nitrogens with one attached hydrogen (secondary N) is 1. The van der Waals surface area contributed by atoms with Crippen LogP contribution < -0.4 is 11.1 Å². The monoisotopic (exact) mass is 388 g/mol. The number of aromatic carboxylic acids is 1. The summed E-state index contributed by atoms with van der Waals surface area (Å²) in [5, 5.41) is 12.5. The highest BCUT2D eigenvalue weighted by atomic mass is 127. The molecule has 2 aromatic carbocycles. The first-order chi connectivity index (χ1) is 8.99. The van der Waals surface area contributed by atoms with E-state index in [2.05, 4.69) is 27.9 Å². The Morgan fingerprint density at radius 3 is 2.63 bits per heavy atom. The zero-order valence-corrected chi connectivity index (χ0v) is 12.6. The molecule has 0 fully saturated rings. The number of nitrogens with two attached hydrogens (primary N) is 1. The predicted molar refractivity (Wildman–Crippen MR) is 85.3 cm³/mol. The lowest BCUT2D eigenvalue weighted by Crippen LogP contribution is -2.05. The van der Waals surface area contributed by atoms with Crippen LogP contribution in [0.15, 0.2) is 36.4 Å². The third-order valence-electron chi connectivity index (χ3n) is 2.48. The van der Waals surface area contributed by atoms with Crippen LogP contribution in [-0.2, 0) is 0 Å². The van der Waals surface area contributed by atoms with Crippen molar-refractivity contribution < 1.29 is 9.90 Å². The van der Waals surface area contributed by atoms with Crippen LogP contribution in [0.1, 0.15) is 10.4 Å². The van der Waals surface area contributed by atoms with Crippen molar-refractivity contribution in [2.45, 2.75) is 0 Å². The Hall–Kier alpha value is -1.47. The molecule has 2 rings (SSSR count). The fourth-order valence-corrected chi connectivity index (χ4v) is 2.42. The molecule has 4 N–H and O–H groups in total. The van der Waals surface area contributed by atoms with Crippen LogP contribution in [0.25, 0.3) is 0 Å². The Kier molecular flexibility index (Phi) is 4.16. The quantitative estimate of drug-likeness (QED) is 0.549. The second kappa shape index (κ2) is 5.66. The van der Waals surface area contributed by atoms with E-state index in [9.17, 15) is 9.90 Å².